The quantitative estimate of drug-likeness (QED) is 0.604. The highest BCUT2D eigenvalue weighted by atomic mass is 16.5. The Kier molecular flexibility index (Phi) is 5.73. The molecule has 0 aliphatic carbocycles. The Hall–Kier alpha value is -1.47. The van der Waals surface area contributed by atoms with Gasteiger partial charge in [-0.25, -0.2) is 0 Å². The lowest BCUT2D eigenvalue weighted by Gasteiger charge is -2.18. The number of nitrogens with one attached hydrogen (secondary N) is 1. The summed E-state index contributed by atoms with van der Waals surface area (Å²) in [7, 11) is 0. The van der Waals surface area contributed by atoms with E-state index in [1.54, 1.807) is 0 Å². The van der Waals surface area contributed by atoms with Crippen molar-refractivity contribution in [3.63, 3.8) is 0 Å². The molecule has 1 saturated heterocycles. The minimum absolute atomic E-state index is 0.0398. The largest absolute Gasteiger partial charge is 0.376 e. The minimum atomic E-state index is -0.869. The summed E-state index contributed by atoms with van der Waals surface area (Å²) in [5.41, 5.74) is 5.28. The zero-order chi connectivity index (χ0) is 13.5. The van der Waals surface area contributed by atoms with Crippen molar-refractivity contribution in [2.24, 2.45) is 5.73 Å². The molecule has 0 spiro atoms. The van der Waals surface area contributed by atoms with Gasteiger partial charge in [0, 0.05) is 33.2 Å². The van der Waals surface area contributed by atoms with Gasteiger partial charge in [0.15, 0.2) is 0 Å². The Bertz CT molecular complexity index is 326. The molecule has 1 heterocycles. The van der Waals surface area contributed by atoms with Crippen molar-refractivity contribution in [1.29, 1.82) is 0 Å². The second-order valence-electron chi connectivity index (χ2n) is 4.11. The molecule has 18 heavy (non-hydrogen) atoms. The Balaban J connectivity index is 2.43. The zero-order valence-corrected chi connectivity index (χ0v) is 10.5. The van der Waals surface area contributed by atoms with Gasteiger partial charge in [-0.05, 0) is 12.8 Å². The van der Waals surface area contributed by atoms with Gasteiger partial charge in [0.05, 0.1) is 6.10 Å². The van der Waals surface area contributed by atoms with Gasteiger partial charge in [0.1, 0.15) is 0 Å². The van der Waals surface area contributed by atoms with Gasteiger partial charge in [0.25, 0.3) is 0 Å². The Labute approximate surface area is 106 Å². The molecule has 0 aromatic carbocycles. The third kappa shape index (κ3) is 4.08. The molecule has 0 bridgehead atoms. The molecule has 0 saturated carbocycles. The second-order valence-corrected chi connectivity index (χ2v) is 4.11. The van der Waals surface area contributed by atoms with Crippen LogP contribution in [0.3, 0.4) is 0 Å². The van der Waals surface area contributed by atoms with Crippen LogP contribution in [0.1, 0.15) is 19.8 Å². The van der Waals surface area contributed by atoms with E-state index in [9.17, 15) is 14.4 Å². The maximum Gasteiger partial charge on any atom is 0.318 e. The summed E-state index contributed by atoms with van der Waals surface area (Å²) in [5, 5.41) is 2.47. The van der Waals surface area contributed by atoms with Gasteiger partial charge in [-0.1, -0.05) is 0 Å². The monoisotopic (exact) mass is 257 g/mol. The average Bonchev–Trinajstić information content (AvgIpc) is 2.84. The first kappa shape index (κ1) is 14.6. The summed E-state index contributed by atoms with van der Waals surface area (Å²) in [5.74, 6) is -2.15. The lowest BCUT2D eigenvalue weighted by molar-refractivity contribution is -0.151. The fourth-order valence-electron chi connectivity index (χ4n) is 1.74. The maximum absolute atomic E-state index is 11.7. The van der Waals surface area contributed by atoms with Crippen LogP contribution in [-0.4, -0.2) is 55.0 Å². The van der Waals surface area contributed by atoms with Crippen molar-refractivity contribution in [2.75, 3.05) is 26.2 Å². The summed E-state index contributed by atoms with van der Waals surface area (Å²) in [4.78, 5) is 35.3. The number of hydrogen-bond acceptors (Lipinski definition) is 5. The summed E-state index contributed by atoms with van der Waals surface area (Å²) < 4.78 is 5.31. The third-order valence-corrected chi connectivity index (χ3v) is 2.69. The molecule has 1 atom stereocenters. The van der Waals surface area contributed by atoms with E-state index in [-0.39, 0.29) is 19.2 Å². The van der Waals surface area contributed by atoms with Gasteiger partial charge in [0.2, 0.25) is 5.91 Å². The van der Waals surface area contributed by atoms with E-state index in [0.29, 0.717) is 13.2 Å². The van der Waals surface area contributed by atoms with E-state index >= 15 is 0 Å². The standard InChI is InChI=1S/C11H19N3O4/c1-8(15)14(5-4-12)11(17)10(16)13-7-9-3-2-6-18-9/h9H,2-7,12H2,1H3,(H,13,16). The number of amides is 3. The van der Waals surface area contributed by atoms with E-state index in [2.05, 4.69) is 5.32 Å². The van der Waals surface area contributed by atoms with Gasteiger partial charge >= 0.3 is 11.8 Å². The highest BCUT2D eigenvalue weighted by Gasteiger charge is 2.25. The molecule has 0 aromatic rings. The number of carbonyl (C=O) groups excluding carboxylic acids is 3. The summed E-state index contributed by atoms with van der Waals surface area (Å²) in [6.07, 6.45) is 1.79. The predicted molar refractivity (Wildman–Crippen MR) is 63.4 cm³/mol. The van der Waals surface area contributed by atoms with E-state index in [4.69, 9.17) is 10.5 Å². The van der Waals surface area contributed by atoms with Crippen LogP contribution in [0.2, 0.25) is 0 Å². The van der Waals surface area contributed by atoms with Crippen molar-refractivity contribution in [1.82, 2.24) is 10.2 Å². The van der Waals surface area contributed by atoms with Crippen LogP contribution in [0.25, 0.3) is 0 Å². The topological polar surface area (TPSA) is 102 Å². The first-order valence-corrected chi connectivity index (χ1v) is 5.98. The molecule has 7 nitrogen and oxygen atoms in total. The third-order valence-electron chi connectivity index (χ3n) is 2.69. The van der Waals surface area contributed by atoms with Gasteiger partial charge in [-0.15, -0.1) is 0 Å². The Morgan fingerprint density at radius 2 is 2.17 bits per heavy atom. The van der Waals surface area contributed by atoms with E-state index in [1.165, 1.54) is 6.92 Å². The number of imide groups is 1. The molecule has 1 fully saturated rings. The number of ether oxygens (including phenoxy) is 1. The maximum atomic E-state index is 11.7. The van der Waals surface area contributed by atoms with E-state index in [1.807, 2.05) is 0 Å². The molecule has 3 N–H and O–H groups in total. The Morgan fingerprint density at radius 1 is 1.44 bits per heavy atom. The van der Waals surface area contributed by atoms with Gasteiger partial charge < -0.3 is 15.8 Å². The first-order valence-electron chi connectivity index (χ1n) is 5.98. The number of carbonyl (C=O) groups is 3. The SMILES string of the molecule is CC(=O)N(CCN)C(=O)C(=O)NCC1CCCO1. The molecule has 1 aliphatic heterocycles. The first-order chi connectivity index (χ1) is 8.56. The van der Waals surface area contributed by atoms with Crippen molar-refractivity contribution >= 4 is 17.7 Å². The molecule has 1 unspecified atom stereocenters. The fourth-order valence-corrected chi connectivity index (χ4v) is 1.74. The van der Waals surface area contributed by atoms with Crippen LogP contribution < -0.4 is 11.1 Å². The average molecular weight is 257 g/mol. The molecule has 102 valence electrons. The predicted octanol–water partition coefficient (Wildman–Crippen LogP) is -1.38. The summed E-state index contributed by atoms with van der Waals surface area (Å²) in [6, 6.07) is 0. The van der Waals surface area contributed by atoms with Crippen molar-refractivity contribution in [3.05, 3.63) is 0 Å². The number of nitrogens with two attached hydrogens (primary N) is 1. The van der Waals surface area contributed by atoms with Crippen molar-refractivity contribution < 1.29 is 19.1 Å². The van der Waals surface area contributed by atoms with Crippen LogP contribution in [0.4, 0.5) is 0 Å². The smallest absolute Gasteiger partial charge is 0.318 e. The number of nitrogens with zero attached hydrogens (tertiary/aromatic N) is 1. The molecule has 1 rings (SSSR count). The number of hydrogen-bond donors (Lipinski definition) is 2. The molecule has 7 heteroatoms. The van der Waals surface area contributed by atoms with Crippen molar-refractivity contribution in [3.8, 4) is 0 Å². The second kappa shape index (κ2) is 7.07. The lowest BCUT2D eigenvalue weighted by Crippen LogP contribution is -2.48. The fraction of sp³-hybridized carbons (Fsp3) is 0.727. The van der Waals surface area contributed by atoms with Crippen LogP contribution in [-0.2, 0) is 19.1 Å². The number of rotatable bonds is 4. The van der Waals surface area contributed by atoms with Crippen LogP contribution in [0, 0.1) is 0 Å². The highest BCUT2D eigenvalue weighted by Crippen LogP contribution is 2.10. The van der Waals surface area contributed by atoms with Gasteiger partial charge in [-0.2, -0.15) is 0 Å². The minimum Gasteiger partial charge on any atom is -0.376 e. The van der Waals surface area contributed by atoms with E-state index < -0.39 is 17.7 Å². The molecular weight excluding hydrogens is 238 g/mol. The summed E-state index contributed by atoms with van der Waals surface area (Å²) in [6.45, 7) is 2.37. The highest BCUT2D eigenvalue weighted by molar-refractivity contribution is 6.37. The molecular formula is C11H19N3O4. The van der Waals surface area contributed by atoms with Gasteiger partial charge in [-0.3, -0.25) is 19.3 Å². The molecule has 0 aromatic heterocycles. The summed E-state index contributed by atoms with van der Waals surface area (Å²) >= 11 is 0. The van der Waals surface area contributed by atoms with E-state index in [0.717, 1.165) is 17.7 Å². The molecule has 0 radical (unpaired) electrons. The van der Waals surface area contributed by atoms with Crippen LogP contribution >= 0.6 is 0 Å². The Morgan fingerprint density at radius 3 is 2.67 bits per heavy atom. The zero-order valence-electron chi connectivity index (χ0n) is 10.5. The lowest BCUT2D eigenvalue weighted by atomic mass is 10.2. The normalized spacial score (nSPS) is 18.4. The van der Waals surface area contributed by atoms with Crippen molar-refractivity contribution in [2.45, 2.75) is 25.9 Å². The molecule has 1 aliphatic rings. The van der Waals surface area contributed by atoms with Crippen LogP contribution in [0.15, 0.2) is 0 Å². The van der Waals surface area contributed by atoms with Crippen LogP contribution in [0.5, 0.6) is 0 Å². The molecule has 3 amide bonds.